The molecule has 2 amide bonds. The first-order chi connectivity index (χ1) is 16.5. The van der Waals surface area contributed by atoms with Gasteiger partial charge in [-0.2, -0.15) is 0 Å². The van der Waals surface area contributed by atoms with Crippen LogP contribution in [0.2, 0.25) is 0 Å². The van der Waals surface area contributed by atoms with Crippen LogP contribution in [0.15, 0.2) is 27.5 Å². The summed E-state index contributed by atoms with van der Waals surface area (Å²) in [5.74, 6) is -2.67. The first-order valence-corrected chi connectivity index (χ1v) is 10.4. The molecule has 8 atom stereocenters. The van der Waals surface area contributed by atoms with Crippen LogP contribution < -0.4 is 10.9 Å². The number of aliphatic hydroxyl groups is 6. The zero-order valence-electron chi connectivity index (χ0n) is 17.8. The number of H-pyrrole nitrogens is 1. The third kappa shape index (κ3) is 4.51. The maximum absolute atomic E-state index is 12.4. The van der Waals surface area contributed by atoms with Gasteiger partial charge < -0.3 is 45.2 Å². The van der Waals surface area contributed by atoms with Gasteiger partial charge >= 0.3 is 0 Å². The monoisotopic (exact) mass is 497 g/mol. The quantitative estimate of drug-likeness (QED) is 0.178. The Morgan fingerprint density at radius 3 is 2.31 bits per heavy atom. The first-order valence-electron chi connectivity index (χ1n) is 10.4. The number of imide groups is 1. The lowest BCUT2D eigenvalue weighted by Crippen LogP contribution is -2.49. The number of nitrogens with zero attached hydrogens (tertiary/aromatic N) is 1. The van der Waals surface area contributed by atoms with Crippen molar-refractivity contribution in [2.45, 2.75) is 48.8 Å². The number of aliphatic hydroxyl groups excluding tert-OH is 6. The number of amides is 2. The Balaban J connectivity index is 1.71. The van der Waals surface area contributed by atoms with Crippen molar-refractivity contribution in [2.24, 2.45) is 4.99 Å². The summed E-state index contributed by atoms with van der Waals surface area (Å²) in [7, 11) is 0. The van der Waals surface area contributed by atoms with Crippen LogP contribution in [0.25, 0.3) is 0 Å². The highest BCUT2D eigenvalue weighted by Gasteiger charge is 2.47. The van der Waals surface area contributed by atoms with E-state index in [1.807, 2.05) is 5.32 Å². The molecule has 0 bridgehead atoms. The molecule has 15 heteroatoms. The van der Waals surface area contributed by atoms with E-state index < -0.39 is 90.1 Å². The molecule has 1 aromatic heterocycles. The average Bonchev–Trinajstić information content (AvgIpc) is 3.09. The van der Waals surface area contributed by atoms with E-state index in [1.165, 1.54) is 0 Å². The highest BCUT2D eigenvalue weighted by molar-refractivity contribution is 6.49. The Morgan fingerprint density at radius 1 is 0.971 bits per heavy atom. The molecule has 0 unspecified atom stereocenters. The lowest BCUT2D eigenvalue weighted by atomic mass is 9.95. The summed E-state index contributed by atoms with van der Waals surface area (Å²) in [5.41, 5.74) is -2.39. The molecule has 4 heterocycles. The Hall–Kier alpha value is -3.02. The van der Waals surface area contributed by atoms with E-state index in [2.05, 4.69) is 9.98 Å². The van der Waals surface area contributed by atoms with Crippen molar-refractivity contribution in [3.8, 4) is 5.88 Å². The minimum Gasteiger partial charge on any atom is -0.494 e. The van der Waals surface area contributed by atoms with E-state index in [9.17, 15) is 50.1 Å². The average molecular weight is 497 g/mol. The number of aromatic amines is 1. The predicted octanol–water partition coefficient (Wildman–Crippen LogP) is -4.63. The molecule has 3 aliphatic rings. The van der Waals surface area contributed by atoms with Crippen molar-refractivity contribution in [1.82, 2.24) is 10.3 Å². The van der Waals surface area contributed by atoms with Gasteiger partial charge in [-0.25, -0.2) is 4.99 Å². The second kappa shape index (κ2) is 9.56. The minimum absolute atomic E-state index is 0.206. The number of pyridine rings is 1. The molecule has 9 N–H and O–H groups in total. The highest BCUT2D eigenvalue weighted by atomic mass is 16.6. The summed E-state index contributed by atoms with van der Waals surface area (Å²) in [4.78, 5) is 43.0. The number of aliphatic imine (C=N–C) groups is 1. The van der Waals surface area contributed by atoms with Crippen LogP contribution in [0.4, 0.5) is 5.69 Å². The molecule has 190 valence electrons. The fourth-order valence-electron chi connectivity index (χ4n) is 4.00. The van der Waals surface area contributed by atoms with Gasteiger partial charge in [0, 0.05) is 5.56 Å². The molecule has 0 radical (unpaired) electrons. The lowest BCUT2D eigenvalue weighted by Gasteiger charge is -2.35. The van der Waals surface area contributed by atoms with Crippen molar-refractivity contribution in [3.05, 3.63) is 33.6 Å². The fourth-order valence-corrected chi connectivity index (χ4v) is 4.00. The van der Waals surface area contributed by atoms with E-state index in [0.717, 1.165) is 12.1 Å². The van der Waals surface area contributed by atoms with E-state index in [1.54, 1.807) is 0 Å². The van der Waals surface area contributed by atoms with Gasteiger partial charge in [0.15, 0.2) is 5.88 Å². The number of hydrogen-bond acceptors (Lipinski definition) is 13. The van der Waals surface area contributed by atoms with Crippen LogP contribution in [0.1, 0.15) is 11.7 Å². The number of ether oxygens (including phenoxy) is 2. The lowest BCUT2D eigenvalue weighted by molar-refractivity contribution is -0.189. The standard InChI is InChI=1S/C20H23N3O12/c24-3-10-12(27)14(29)16(35-10)6-2-8(20(33)23-18(6)31)21-7-1-5(17(30)22-19(7)32)15-13(28)11(26)9(25)4-34-15/h1-2,9-16,24-29H,3-4H2,(H2,22,30,32)(H,23,31,33)/t9-,10+,11-,12+,13-,14+,15+,16-/m1/s1. The molecule has 2 fully saturated rings. The number of aromatic hydroxyl groups is 1. The minimum atomic E-state index is -1.68. The second-order valence-electron chi connectivity index (χ2n) is 8.23. The van der Waals surface area contributed by atoms with Crippen LogP contribution in [0.3, 0.4) is 0 Å². The van der Waals surface area contributed by atoms with E-state index >= 15 is 0 Å². The van der Waals surface area contributed by atoms with Crippen molar-refractivity contribution in [1.29, 1.82) is 0 Å². The summed E-state index contributed by atoms with van der Waals surface area (Å²) < 4.78 is 10.6. The summed E-state index contributed by atoms with van der Waals surface area (Å²) in [6, 6.07) is 0.989. The molecule has 1 aromatic rings. The van der Waals surface area contributed by atoms with Crippen molar-refractivity contribution >= 4 is 23.2 Å². The van der Waals surface area contributed by atoms with Crippen molar-refractivity contribution < 1.29 is 54.8 Å². The number of hydrogen-bond donors (Lipinski definition) is 9. The van der Waals surface area contributed by atoms with Crippen molar-refractivity contribution in [2.75, 3.05) is 13.2 Å². The Morgan fingerprint density at radius 2 is 1.66 bits per heavy atom. The van der Waals surface area contributed by atoms with Crippen LogP contribution >= 0.6 is 0 Å². The first kappa shape index (κ1) is 25.1. The summed E-state index contributed by atoms with van der Waals surface area (Å²) in [6.45, 7) is -1.03. The molecule has 2 saturated heterocycles. The van der Waals surface area contributed by atoms with Gasteiger partial charge in [0.2, 0.25) is 0 Å². The van der Waals surface area contributed by atoms with E-state index in [0.29, 0.717) is 0 Å². The Bertz CT molecular complexity index is 1150. The smallest absolute Gasteiger partial charge is 0.276 e. The summed E-state index contributed by atoms with van der Waals surface area (Å²) >= 11 is 0. The van der Waals surface area contributed by atoms with E-state index in [4.69, 9.17) is 9.47 Å². The fraction of sp³-hybridized carbons (Fsp3) is 0.500. The molecule has 0 spiro atoms. The SMILES string of the molecule is O=C1NC(=O)C(=Nc2cc([C@@H]3OC[C@@H](O)[C@@H](O)[C@H]3O)c(O)[nH]c2=O)C=C1[C@H]1O[C@@H](CO)[C@H](O)[C@@H]1O. The second-order valence-corrected chi connectivity index (χ2v) is 8.23. The van der Waals surface area contributed by atoms with Gasteiger partial charge in [0.05, 0.1) is 18.8 Å². The number of aromatic nitrogens is 1. The maximum Gasteiger partial charge on any atom is 0.276 e. The number of rotatable bonds is 4. The molecular formula is C20H23N3O12. The van der Waals surface area contributed by atoms with Gasteiger partial charge in [0.25, 0.3) is 17.4 Å². The van der Waals surface area contributed by atoms with Crippen LogP contribution in [-0.2, 0) is 19.1 Å². The van der Waals surface area contributed by atoms with Gasteiger partial charge in [0.1, 0.15) is 60.2 Å². The summed E-state index contributed by atoms with van der Waals surface area (Å²) in [5, 5.41) is 71.3. The molecule has 4 rings (SSSR count). The van der Waals surface area contributed by atoms with E-state index in [-0.39, 0.29) is 17.7 Å². The predicted molar refractivity (Wildman–Crippen MR) is 112 cm³/mol. The summed E-state index contributed by atoms with van der Waals surface area (Å²) in [6.07, 6.45) is -10.8. The van der Waals surface area contributed by atoms with Gasteiger partial charge in [-0.3, -0.25) is 24.7 Å². The van der Waals surface area contributed by atoms with Crippen LogP contribution in [0.5, 0.6) is 5.88 Å². The zero-order valence-corrected chi connectivity index (χ0v) is 17.8. The molecule has 15 nitrogen and oxygen atoms in total. The molecule has 0 aliphatic carbocycles. The van der Waals surface area contributed by atoms with Crippen LogP contribution in [0, 0.1) is 0 Å². The topological polar surface area (TPSA) is 251 Å². The number of carbonyl (C=O) groups excluding carboxylic acids is 2. The number of nitrogens with one attached hydrogen (secondary N) is 2. The third-order valence-corrected chi connectivity index (χ3v) is 5.94. The molecule has 0 saturated carbocycles. The van der Waals surface area contributed by atoms with Crippen molar-refractivity contribution in [3.63, 3.8) is 0 Å². The Labute approximate surface area is 195 Å². The molecule has 35 heavy (non-hydrogen) atoms. The third-order valence-electron chi connectivity index (χ3n) is 5.94. The Kier molecular flexibility index (Phi) is 6.85. The zero-order chi connectivity index (χ0) is 25.6. The largest absolute Gasteiger partial charge is 0.494 e. The van der Waals surface area contributed by atoms with Gasteiger partial charge in [-0.15, -0.1) is 0 Å². The van der Waals surface area contributed by atoms with Gasteiger partial charge in [-0.05, 0) is 12.1 Å². The number of carbonyl (C=O) groups is 2. The van der Waals surface area contributed by atoms with Gasteiger partial charge in [-0.1, -0.05) is 0 Å². The van der Waals surface area contributed by atoms with Crippen LogP contribution in [-0.4, -0.2) is 114 Å². The highest BCUT2D eigenvalue weighted by Crippen LogP contribution is 2.34. The molecule has 3 aliphatic heterocycles. The maximum atomic E-state index is 12.4. The molecule has 0 aromatic carbocycles. The normalized spacial score (nSPS) is 36.9. The molecular weight excluding hydrogens is 474 g/mol.